The van der Waals surface area contributed by atoms with Crippen LogP contribution in [0.15, 0.2) is 186 Å². The third kappa shape index (κ3) is 5.19. The van der Waals surface area contributed by atoms with Crippen molar-refractivity contribution in [1.82, 2.24) is 19.5 Å². The molecule has 0 saturated heterocycles. The van der Waals surface area contributed by atoms with E-state index < -0.39 is 0 Å². The van der Waals surface area contributed by atoms with Gasteiger partial charge in [0.25, 0.3) is 0 Å². The summed E-state index contributed by atoms with van der Waals surface area (Å²) in [5.74, 6) is 1.86. The van der Waals surface area contributed by atoms with Crippen LogP contribution in [0.25, 0.3) is 115 Å². The Labute approximate surface area is 330 Å². The minimum atomic E-state index is 0.599. The summed E-state index contributed by atoms with van der Waals surface area (Å²) in [6, 6.07) is 63.9. The van der Waals surface area contributed by atoms with Crippen LogP contribution >= 0.6 is 11.3 Å². The van der Waals surface area contributed by atoms with Gasteiger partial charge < -0.3 is 8.98 Å². The predicted octanol–water partition coefficient (Wildman–Crippen LogP) is 13.9. The SMILES string of the molecule is c1ccc(-c2nc(-c3ccccc3)nc(-c3ccc4c(c3)oc3cc(-c5ccc(-n6c7ccccc7c7cc8sc9ccccc9c8cc76)cc5)ccc34)n2)cc1. The zero-order valence-electron chi connectivity index (χ0n) is 30.4. The van der Waals surface area contributed by atoms with Crippen molar-refractivity contribution in [2.75, 3.05) is 0 Å². The molecule has 0 amide bonds. The Hall–Kier alpha value is -7.41. The van der Waals surface area contributed by atoms with Gasteiger partial charge in [0.05, 0.1) is 11.0 Å². The number of hydrogen-bond donors (Lipinski definition) is 0. The second kappa shape index (κ2) is 12.6. The average Bonchev–Trinajstić information content (AvgIpc) is 3.94. The summed E-state index contributed by atoms with van der Waals surface area (Å²) in [6.07, 6.45) is 0. The van der Waals surface area contributed by atoms with Gasteiger partial charge in [0, 0.05) is 64.1 Å². The first kappa shape index (κ1) is 31.9. The van der Waals surface area contributed by atoms with Crippen molar-refractivity contribution in [3.05, 3.63) is 182 Å². The number of rotatable bonds is 5. The molecule has 0 N–H and O–H groups in total. The van der Waals surface area contributed by atoms with Gasteiger partial charge in [-0.15, -0.1) is 11.3 Å². The first-order chi connectivity index (χ1) is 28.2. The van der Waals surface area contributed by atoms with Crippen LogP contribution in [0.4, 0.5) is 0 Å². The van der Waals surface area contributed by atoms with Crippen LogP contribution in [-0.4, -0.2) is 19.5 Å². The Morgan fingerprint density at radius 3 is 1.61 bits per heavy atom. The smallest absolute Gasteiger partial charge is 0.164 e. The molecule has 0 bridgehead atoms. The lowest BCUT2D eigenvalue weighted by molar-refractivity contribution is 0.669. The maximum atomic E-state index is 6.57. The maximum Gasteiger partial charge on any atom is 0.164 e. The summed E-state index contributed by atoms with van der Waals surface area (Å²) in [5.41, 5.74) is 10.1. The van der Waals surface area contributed by atoms with E-state index in [1.807, 2.05) is 78.1 Å². The van der Waals surface area contributed by atoms with Crippen LogP contribution in [0, 0.1) is 0 Å². The molecule has 0 fully saturated rings. The second-order valence-corrected chi connectivity index (χ2v) is 15.5. The molecule has 8 aromatic carbocycles. The lowest BCUT2D eigenvalue weighted by Crippen LogP contribution is -2.00. The van der Waals surface area contributed by atoms with Gasteiger partial charge >= 0.3 is 0 Å². The summed E-state index contributed by atoms with van der Waals surface area (Å²) in [6.45, 7) is 0. The molecular weight excluding hydrogens is 717 g/mol. The first-order valence-corrected chi connectivity index (χ1v) is 19.8. The van der Waals surface area contributed by atoms with Crippen LogP contribution in [-0.2, 0) is 0 Å². The normalized spacial score (nSPS) is 11.9. The summed E-state index contributed by atoms with van der Waals surface area (Å²) < 4.78 is 11.6. The topological polar surface area (TPSA) is 56.7 Å². The fourth-order valence-electron chi connectivity index (χ4n) is 8.30. The van der Waals surface area contributed by atoms with E-state index in [0.29, 0.717) is 17.5 Å². The molecule has 12 rings (SSSR count). The molecule has 0 aliphatic rings. The van der Waals surface area contributed by atoms with Crippen LogP contribution in [0.5, 0.6) is 0 Å². The van der Waals surface area contributed by atoms with Crippen molar-refractivity contribution in [3.63, 3.8) is 0 Å². The molecule has 0 aliphatic heterocycles. The van der Waals surface area contributed by atoms with Gasteiger partial charge in [-0.2, -0.15) is 0 Å². The summed E-state index contributed by atoms with van der Waals surface area (Å²) in [4.78, 5) is 14.7. The number of furan rings is 1. The highest BCUT2D eigenvalue weighted by Gasteiger charge is 2.17. The minimum Gasteiger partial charge on any atom is -0.456 e. The summed E-state index contributed by atoms with van der Waals surface area (Å²) in [5, 5.41) is 7.27. The van der Waals surface area contributed by atoms with Gasteiger partial charge in [0.1, 0.15) is 11.2 Å². The fourth-order valence-corrected chi connectivity index (χ4v) is 9.43. The summed E-state index contributed by atoms with van der Waals surface area (Å²) >= 11 is 1.87. The Morgan fingerprint density at radius 2 is 0.912 bits per heavy atom. The lowest BCUT2D eigenvalue weighted by Gasteiger charge is -2.10. The molecule has 4 heterocycles. The first-order valence-electron chi connectivity index (χ1n) is 19.0. The maximum absolute atomic E-state index is 6.57. The molecule has 5 nitrogen and oxygen atoms in total. The standard InChI is InChI=1S/C51H30N4OS/c1-3-11-32(12-4-1)49-52-50(33-13-5-2-6-14-33)54-51(53-49)35-22-26-39-38-25-21-34(27-45(38)56-46(39)28-35)31-19-23-36(24-20-31)55-43-17-9-7-15-37(43)41-30-48-42(29-44(41)55)40-16-8-10-18-47(40)57-48/h1-30H. The number of hydrogen-bond acceptors (Lipinski definition) is 5. The van der Waals surface area contributed by atoms with E-state index in [9.17, 15) is 0 Å². The van der Waals surface area contributed by atoms with Gasteiger partial charge in [-0.1, -0.05) is 121 Å². The molecule has 0 radical (unpaired) electrons. The molecule has 0 atom stereocenters. The van der Waals surface area contributed by atoms with E-state index >= 15 is 0 Å². The quantitative estimate of drug-likeness (QED) is 0.176. The van der Waals surface area contributed by atoms with Gasteiger partial charge in [-0.25, -0.2) is 15.0 Å². The van der Waals surface area contributed by atoms with Crippen LogP contribution in [0.1, 0.15) is 0 Å². The van der Waals surface area contributed by atoms with Gasteiger partial charge in [0.15, 0.2) is 17.5 Å². The highest BCUT2D eigenvalue weighted by molar-refractivity contribution is 7.25. The number of nitrogens with zero attached hydrogens (tertiary/aromatic N) is 4. The third-order valence-electron chi connectivity index (χ3n) is 11.1. The molecule has 4 aromatic heterocycles. The molecule has 12 aromatic rings. The van der Waals surface area contributed by atoms with Crippen LogP contribution < -0.4 is 0 Å². The molecule has 266 valence electrons. The Bertz CT molecular complexity index is 3450. The van der Waals surface area contributed by atoms with Crippen molar-refractivity contribution in [3.8, 4) is 51.0 Å². The van der Waals surface area contributed by atoms with E-state index in [2.05, 4.69) is 120 Å². The van der Waals surface area contributed by atoms with Crippen LogP contribution in [0.3, 0.4) is 0 Å². The van der Waals surface area contributed by atoms with E-state index in [-0.39, 0.29) is 0 Å². The number of benzene rings is 8. The Balaban J connectivity index is 0.923. The second-order valence-electron chi connectivity index (χ2n) is 14.4. The molecule has 0 spiro atoms. The molecule has 0 saturated carbocycles. The molecule has 0 aliphatic carbocycles. The van der Waals surface area contributed by atoms with E-state index in [0.717, 1.165) is 55.4 Å². The van der Waals surface area contributed by atoms with E-state index in [4.69, 9.17) is 19.4 Å². The highest BCUT2D eigenvalue weighted by atomic mass is 32.1. The largest absolute Gasteiger partial charge is 0.456 e. The fraction of sp³-hybridized carbons (Fsp3) is 0. The van der Waals surface area contributed by atoms with Gasteiger partial charge in [-0.3, -0.25) is 0 Å². The van der Waals surface area contributed by atoms with E-state index in [1.165, 1.54) is 42.0 Å². The lowest BCUT2D eigenvalue weighted by atomic mass is 10.0. The molecular formula is C51H30N4OS. The van der Waals surface area contributed by atoms with Gasteiger partial charge in [0.2, 0.25) is 0 Å². The zero-order valence-corrected chi connectivity index (χ0v) is 31.2. The predicted molar refractivity (Wildman–Crippen MR) is 236 cm³/mol. The molecule has 57 heavy (non-hydrogen) atoms. The Kier molecular flexibility index (Phi) is 7.03. The monoisotopic (exact) mass is 746 g/mol. The van der Waals surface area contributed by atoms with Crippen molar-refractivity contribution in [1.29, 1.82) is 0 Å². The third-order valence-corrected chi connectivity index (χ3v) is 12.2. The van der Waals surface area contributed by atoms with Gasteiger partial charge in [-0.05, 0) is 71.8 Å². The number of para-hydroxylation sites is 1. The molecule has 0 unspecified atom stereocenters. The van der Waals surface area contributed by atoms with Crippen molar-refractivity contribution < 1.29 is 4.42 Å². The Morgan fingerprint density at radius 1 is 0.351 bits per heavy atom. The minimum absolute atomic E-state index is 0.599. The van der Waals surface area contributed by atoms with Crippen LogP contribution in [0.2, 0.25) is 0 Å². The van der Waals surface area contributed by atoms with Crippen molar-refractivity contribution >= 4 is 75.3 Å². The zero-order chi connectivity index (χ0) is 37.5. The number of fused-ring (bicyclic) bond motifs is 9. The average molecular weight is 747 g/mol. The number of thiophene rings is 1. The number of aromatic nitrogens is 4. The highest BCUT2D eigenvalue weighted by Crippen LogP contribution is 2.41. The van der Waals surface area contributed by atoms with Crippen molar-refractivity contribution in [2.24, 2.45) is 0 Å². The van der Waals surface area contributed by atoms with Crippen molar-refractivity contribution in [2.45, 2.75) is 0 Å². The summed E-state index contributed by atoms with van der Waals surface area (Å²) in [7, 11) is 0. The van der Waals surface area contributed by atoms with E-state index in [1.54, 1.807) is 0 Å². The molecule has 6 heteroatoms.